The van der Waals surface area contributed by atoms with Crippen molar-refractivity contribution in [1.29, 1.82) is 0 Å². The van der Waals surface area contributed by atoms with Gasteiger partial charge in [-0.15, -0.1) is 0 Å². The van der Waals surface area contributed by atoms with Crippen LogP contribution in [0.3, 0.4) is 0 Å². The van der Waals surface area contributed by atoms with Crippen LogP contribution in [-0.2, 0) is 6.54 Å². The first kappa shape index (κ1) is 18.2. The molecular formula is C20H32N5+. The van der Waals surface area contributed by atoms with E-state index >= 15 is 0 Å². The minimum Gasteiger partial charge on any atom is -0.298 e. The number of rotatable bonds is 4. The van der Waals surface area contributed by atoms with Crippen LogP contribution in [0, 0.1) is 5.92 Å². The lowest BCUT2D eigenvalue weighted by atomic mass is 9.96. The van der Waals surface area contributed by atoms with E-state index in [-0.39, 0.29) is 0 Å². The van der Waals surface area contributed by atoms with Crippen molar-refractivity contribution in [3.05, 3.63) is 42.2 Å². The Labute approximate surface area is 152 Å². The first-order chi connectivity index (χ1) is 12.2. The summed E-state index contributed by atoms with van der Waals surface area (Å²) in [5.74, 6) is 0.615. The number of hydrogen-bond acceptors (Lipinski definition) is 4. The van der Waals surface area contributed by atoms with E-state index in [0.29, 0.717) is 12.0 Å². The smallest absolute Gasteiger partial charge is 0.153 e. The van der Waals surface area contributed by atoms with E-state index in [0.717, 1.165) is 58.1 Å². The van der Waals surface area contributed by atoms with E-state index in [1.54, 1.807) is 0 Å². The van der Waals surface area contributed by atoms with Crippen LogP contribution in [0.15, 0.2) is 36.5 Å². The normalized spacial score (nSPS) is 27.0. The first-order valence-corrected chi connectivity index (χ1v) is 9.49. The van der Waals surface area contributed by atoms with Crippen LogP contribution < -0.4 is 4.99 Å². The Morgan fingerprint density at radius 1 is 1.16 bits per heavy atom. The van der Waals surface area contributed by atoms with Crippen LogP contribution in [0.25, 0.3) is 0 Å². The molecule has 0 aliphatic carbocycles. The van der Waals surface area contributed by atoms with E-state index in [2.05, 4.69) is 69.1 Å². The van der Waals surface area contributed by atoms with Gasteiger partial charge in [-0.2, -0.15) is 0 Å². The monoisotopic (exact) mass is 342 g/mol. The number of nitrogens with zero attached hydrogens (tertiary/aromatic N) is 4. The molecule has 0 spiro atoms. The topological polar surface area (TPSA) is 36.6 Å². The van der Waals surface area contributed by atoms with Gasteiger partial charge in [-0.05, 0) is 25.1 Å². The van der Waals surface area contributed by atoms with Crippen LogP contribution in [0.2, 0.25) is 0 Å². The molecule has 2 unspecified atom stereocenters. The molecule has 0 aromatic carbocycles. The van der Waals surface area contributed by atoms with E-state index in [9.17, 15) is 0 Å². The van der Waals surface area contributed by atoms with Crippen molar-refractivity contribution in [2.24, 2.45) is 5.92 Å². The van der Waals surface area contributed by atoms with Gasteiger partial charge in [0.2, 0.25) is 0 Å². The maximum Gasteiger partial charge on any atom is 0.153 e. The van der Waals surface area contributed by atoms with Crippen molar-refractivity contribution in [2.45, 2.75) is 19.5 Å². The highest BCUT2D eigenvalue weighted by atomic mass is 15.2. The van der Waals surface area contributed by atoms with Gasteiger partial charge in [0, 0.05) is 45.0 Å². The Bertz CT molecular complexity index is 571. The summed E-state index contributed by atoms with van der Waals surface area (Å²) in [5.41, 5.74) is 1.16. The van der Waals surface area contributed by atoms with Crippen LogP contribution >= 0.6 is 0 Å². The minimum atomic E-state index is 0.600. The maximum atomic E-state index is 4.49. The van der Waals surface area contributed by atoms with E-state index in [4.69, 9.17) is 0 Å². The van der Waals surface area contributed by atoms with Crippen molar-refractivity contribution in [3.63, 3.8) is 0 Å². The molecule has 0 amide bonds. The summed E-state index contributed by atoms with van der Waals surface area (Å²) >= 11 is 0. The molecule has 1 aromatic heterocycles. The molecule has 1 aromatic rings. The lowest BCUT2D eigenvalue weighted by molar-refractivity contribution is -0.453. The molecule has 0 bridgehead atoms. The van der Waals surface area contributed by atoms with Crippen molar-refractivity contribution in [3.8, 4) is 0 Å². The molecule has 136 valence electrons. The molecule has 5 heteroatoms. The Morgan fingerprint density at radius 3 is 2.84 bits per heavy atom. The third-order valence-corrected chi connectivity index (χ3v) is 5.36. The van der Waals surface area contributed by atoms with Gasteiger partial charge >= 0.3 is 0 Å². The predicted octanol–water partition coefficient (Wildman–Crippen LogP) is -0.143. The summed E-state index contributed by atoms with van der Waals surface area (Å²) in [4.78, 5) is 15.5. The molecule has 2 atom stereocenters. The number of pyridine rings is 1. The summed E-state index contributed by atoms with van der Waals surface area (Å²) < 4.78 is 0. The van der Waals surface area contributed by atoms with E-state index in [1.165, 1.54) is 0 Å². The third-order valence-electron chi connectivity index (χ3n) is 5.36. The molecular weight excluding hydrogens is 310 g/mol. The molecule has 1 N–H and O–H groups in total. The van der Waals surface area contributed by atoms with E-state index in [1.807, 2.05) is 12.3 Å². The zero-order valence-corrected chi connectivity index (χ0v) is 15.6. The molecule has 0 fully saturated rings. The molecule has 0 saturated heterocycles. The van der Waals surface area contributed by atoms with Crippen LogP contribution in [0.5, 0.6) is 0 Å². The first-order valence-electron chi connectivity index (χ1n) is 9.49. The summed E-state index contributed by atoms with van der Waals surface area (Å²) in [6.45, 7) is 10.7. The highest BCUT2D eigenvalue weighted by molar-refractivity contribution is 5.52. The molecule has 5 nitrogen and oxygen atoms in total. The van der Waals surface area contributed by atoms with Crippen LogP contribution in [-0.4, -0.2) is 84.8 Å². The fourth-order valence-electron chi connectivity index (χ4n) is 3.73. The number of hydrogen-bond donors (Lipinski definition) is 1. The largest absolute Gasteiger partial charge is 0.298 e. The number of aromatic nitrogens is 1. The zero-order chi connectivity index (χ0) is 17.5. The lowest BCUT2D eigenvalue weighted by Gasteiger charge is -2.37. The second kappa shape index (κ2) is 9.22. The number of likely N-dealkylation sites (N-methyl/N-ethyl adjacent to an activating group) is 1. The second-order valence-corrected chi connectivity index (χ2v) is 7.31. The van der Waals surface area contributed by atoms with Gasteiger partial charge in [0.1, 0.15) is 0 Å². The van der Waals surface area contributed by atoms with Crippen molar-refractivity contribution < 1.29 is 4.99 Å². The van der Waals surface area contributed by atoms with Gasteiger partial charge < -0.3 is 0 Å². The Morgan fingerprint density at radius 2 is 2.04 bits per heavy atom. The van der Waals surface area contributed by atoms with Crippen molar-refractivity contribution >= 4 is 6.21 Å². The Hall–Kier alpha value is -1.56. The number of nitrogens with one attached hydrogen (secondary N) is 1. The highest BCUT2D eigenvalue weighted by Gasteiger charge is 2.25. The van der Waals surface area contributed by atoms with Gasteiger partial charge in [0.25, 0.3) is 0 Å². The SMILES string of the molecule is CC1C=CCN(C)C1CN1CC=[NH+]CCN(Cc2ccccn2)CC1. The average Bonchev–Trinajstić information content (AvgIpc) is 2.72. The van der Waals surface area contributed by atoms with Crippen LogP contribution in [0.1, 0.15) is 12.6 Å². The Balaban J connectivity index is 1.59. The molecule has 2 aliphatic rings. The molecule has 0 radical (unpaired) electrons. The summed E-state index contributed by atoms with van der Waals surface area (Å²) in [6, 6.07) is 6.78. The Kier molecular flexibility index (Phi) is 6.73. The van der Waals surface area contributed by atoms with Gasteiger partial charge in [0.05, 0.1) is 18.8 Å². The minimum absolute atomic E-state index is 0.600. The lowest BCUT2D eigenvalue weighted by Crippen LogP contribution is -2.72. The molecule has 3 rings (SSSR count). The zero-order valence-electron chi connectivity index (χ0n) is 15.6. The summed E-state index contributed by atoms with van der Waals surface area (Å²) in [7, 11) is 2.25. The highest BCUT2D eigenvalue weighted by Crippen LogP contribution is 2.17. The quantitative estimate of drug-likeness (QED) is 0.773. The fraction of sp³-hybridized carbons (Fsp3) is 0.600. The average molecular weight is 343 g/mol. The fourth-order valence-corrected chi connectivity index (χ4v) is 3.73. The standard InChI is InChI=1S/C20H31N5/c1-18-6-5-11-23(2)20(18)17-25-13-10-21-9-12-24(14-15-25)16-19-7-3-4-8-22-19/h3-8,10,18,20H,9,11-17H2,1-2H3/p+1. The molecule has 25 heavy (non-hydrogen) atoms. The predicted molar refractivity (Wildman–Crippen MR) is 103 cm³/mol. The van der Waals surface area contributed by atoms with Crippen molar-refractivity contribution in [2.75, 3.05) is 52.9 Å². The van der Waals surface area contributed by atoms with E-state index < -0.39 is 0 Å². The summed E-state index contributed by atoms with van der Waals surface area (Å²) in [6.07, 6.45) is 8.78. The summed E-state index contributed by atoms with van der Waals surface area (Å²) in [5, 5.41) is 0. The molecule has 0 saturated carbocycles. The van der Waals surface area contributed by atoms with Crippen LogP contribution in [0.4, 0.5) is 0 Å². The van der Waals surface area contributed by atoms with Gasteiger partial charge in [-0.1, -0.05) is 25.1 Å². The third kappa shape index (κ3) is 5.46. The molecule has 2 aliphatic heterocycles. The molecule has 3 heterocycles. The maximum absolute atomic E-state index is 4.49. The van der Waals surface area contributed by atoms with Crippen molar-refractivity contribution in [1.82, 2.24) is 19.7 Å². The second-order valence-electron chi connectivity index (χ2n) is 7.31. The van der Waals surface area contributed by atoms with Gasteiger partial charge in [-0.3, -0.25) is 19.7 Å². The van der Waals surface area contributed by atoms with Gasteiger partial charge in [0.15, 0.2) is 12.8 Å². The van der Waals surface area contributed by atoms with Gasteiger partial charge in [-0.25, -0.2) is 4.99 Å².